The van der Waals surface area contributed by atoms with E-state index in [2.05, 4.69) is 0 Å². The van der Waals surface area contributed by atoms with Crippen molar-refractivity contribution in [2.45, 2.75) is 0 Å². The zero-order valence-corrected chi connectivity index (χ0v) is 7.34. The molecule has 0 radical (unpaired) electrons. The van der Waals surface area contributed by atoms with Gasteiger partial charge in [-0.2, -0.15) is 0 Å². The van der Waals surface area contributed by atoms with Gasteiger partial charge in [0.1, 0.15) is 5.75 Å². The average molecular weight is 194 g/mol. The van der Waals surface area contributed by atoms with Gasteiger partial charge < -0.3 is 10.2 Å². The molecule has 2 aromatic rings. The van der Waals surface area contributed by atoms with Crippen molar-refractivity contribution in [3.8, 4) is 5.75 Å². The number of phenols is 1. The molecule has 0 unspecified atom stereocenters. The summed E-state index contributed by atoms with van der Waals surface area (Å²) >= 11 is 1.39. The van der Waals surface area contributed by atoms with Gasteiger partial charge in [0.25, 0.3) is 0 Å². The molecule has 0 spiro atoms. The number of carboxylic acid groups (broad SMARTS) is 1. The number of aromatic carboxylic acids is 1. The van der Waals surface area contributed by atoms with Crippen LogP contribution in [0.25, 0.3) is 10.1 Å². The lowest BCUT2D eigenvalue weighted by molar-refractivity contribution is 0.0696. The Hall–Kier alpha value is -1.55. The first-order valence-corrected chi connectivity index (χ1v) is 4.50. The summed E-state index contributed by atoms with van der Waals surface area (Å²) in [5.74, 6) is -0.992. The van der Waals surface area contributed by atoms with E-state index in [4.69, 9.17) is 5.11 Å². The largest absolute Gasteiger partial charge is 0.506 e. The Labute approximate surface area is 77.9 Å². The highest BCUT2D eigenvalue weighted by Gasteiger charge is 2.08. The molecular formula is C9H6O3S. The molecule has 1 aromatic heterocycles. The van der Waals surface area contributed by atoms with E-state index in [0.29, 0.717) is 0 Å². The van der Waals surface area contributed by atoms with Crippen LogP contribution in [-0.4, -0.2) is 16.2 Å². The third-order valence-corrected chi connectivity index (χ3v) is 2.73. The molecule has 0 aliphatic heterocycles. The summed E-state index contributed by atoms with van der Waals surface area (Å²) in [4.78, 5) is 10.6. The monoisotopic (exact) mass is 194 g/mol. The van der Waals surface area contributed by atoms with Crippen molar-refractivity contribution in [1.82, 2.24) is 0 Å². The van der Waals surface area contributed by atoms with Gasteiger partial charge in [-0.3, -0.25) is 0 Å². The van der Waals surface area contributed by atoms with E-state index in [1.165, 1.54) is 17.4 Å². The van der Waals surface area contributed by atoms with Gasteiger partial charge in [-0.15, -0.1) is 11.3 Å². The van der Waals surface area contributed by atoms with Gasteiger partial charge in [0, 0.05) is 0 Å². The molecule has 0 aliphatic rings. The van der Waals surface area contributed by atoms with Gasteiger partial charge in [0.15, 0.2) is 0 Å². The van der Waals surface area contributed by atoms with Crippen molar-refractivity contribution < 1.29 is 15.0 Å². The highest BCUT2D eigenvalue weighted by molar-refractivity contribution is 7.17. The number of fused-ring (bicyclic) bond motifs is 1. The molecule has 2 N–H and O–H groups in total. The van der Waals surface area contributed by atoms with Crippen LogP contribution >= 0.6 is 11.3 Å². The molecule has 4 heteroatoms. The second-order valence-electron chi connectivity index (χ2n) is 2.64. The quantitative estimate of drug-likeness (QED) is 0.732. The smallest absolute Gasteiger partial charge is 0.335 e. The van der Waals surface area contributed by atoms with E-state index >= 15 is 0 Å². The summed E-state index contributed by atoms with van der Waals surface area (Å²) in [6.45, 7) is 0. The van der Waals surface area contributed by atoms with Gasteiger partial charge in [-0.25, -0.2) is 4.79 Å². The summed E-state index contributed by atoms with van der Waals surface area (Å²) in [5, 5.41) is 20.7. The first kappa shape index (κ1) is 8.07. The molecular weight excluding hydrogens is 188 g/mol. The second-order valence-corrected chi connectivity index (χ2v) is 3.56. The van der Waals surface area contributed by atoms with Crippen LogP contribution in [0.5, 0.6) is 5.75 Å². The molecule has 0 amide bonds. The van der Waals surface area contributed by atoms with Crippen molar-refractivity contribution >= 4 is 27.4 Å². The summed E-state index contributed by atoms with van der Waals surface area (Å²) in [5.41, 5.74) is 0.114. The number of benzene rings is 1. The average Bonchev–Trinajstić information content (AvgIpc) is 2.51. The Morgan fingerprint density at radius 1 is 1.38 bits per heavy atom. The maximum atomic E-state index is 10.6. The van der Waals surface area contributed by atoms with Crippen LogP contribution in [0, 0.1) is 0 Å². The Balaban J connectivity index is 2.77. The first-order valence-electron chi connectivity index (χ1n) is 3.62. The highest BCUT2D eigenvalue weighted by atomic mass is 32.1. The number of carbonyl (C=O) groups is 1. The molecule has 0 saturated heterocycles. The van der Waals surface area contributed by atoms with Gasteiger partial charge in [0.2, 0.25) is 0 Å². The fourth-order valence-corrected chi connectivity index (χ4v) is 1.98. The van der Waals surface area contributed by atoms with Crippen molar-refractivity contribution in [2.24, 2.45) is 0 Å². The molecule has 1 heterocycles. The fraction of sp³-hybridized carbons (Fsp3) is 0. The number of phenolic OH excluding ortho intramolecular Hbond substituents is 1. The number of hydrogen-bond donors (Lipinski definition) is 2. The summed E-state index contributed by atoms with van der Waals surface area (Å²) < 4.78 is 0.727. The van der Waals surface area contributed by atoms with Gasteiger partial charge in [-0.05, 0) is 29.0 Å². The summed E-state index contributed by atoms with van der Waals surface area (Å²) in [7, 11) is 0. The normalized spacial score (nSPS) is 10.5. The van der Waals surface area contributed by atoms with Crippen molar-refractivity contribution in [3.63, 3.8) is 0 Å². The van der Waals surface area contributed by atoms with E-state index in [-0.39, 0.29) is 11.3 Å². The molecule has 0 saturated carbocycles. The Kier molecular flexibility index (Phi) is 1.70. The van der Waals surface area contributed by atoms with Crippen LogP contribution in [0.1, 0.15) is 10.4 Å². The van der Waals surface area contributed by atoms with Crippen molar-refractivity contribution in [3.05, 3.63) is 29.1 Å². The van der Waals surface area contributed by atoms with Crippen LogP contribution < -0.4 is 0 Å². The van der Waals surface area contributed by atoms with Gasteiger partial charge in [-0.1, -0.05) is 0 Å². The van der Waals surface area contributed by atoms with Crippen LogP contribution in [0.4, 0.5) is 0 Å². The zero-order chi connectivity index (χ0) is 9.42. The molecule has 0 fully saturated rings. The number of hydrogen-bond acceptors (Lipinski definition) is 3. The SMILES string of the molecule is O=C(O)c1cc(O)c2sccc2c1. The standard InChI is InChI=1S/C9H6O3S/c10-7-4-6(9(11)12)3-5-1-2-13-8(5)7/h1-4,10H,(H,11,12). The minimum atomic E-state index is -1.02. The summed E-state index contributed by atoms with van der Waals surface area (Å²) in [6.07, 6.45) is 0. The van der Waals surface area contributed by atoms with Crippen LogP contribution in [0.2, 0.25) is 0 Å². The number of thiophene rings is 1. The van der Waals surface area contributed by atoms with Crippen molar-refractivity contribution in [1.29, 1.82) is 0 Å². The van der Waals surface area contributed by atoms with Crippen molar-refractivity contribution in [2.75, 3.05) is 0 Å². The minimum Gasteiger partial charge on any atom is -0.506 e. The Morgan fingerprint density at radius 3 is 2.85 bits per heavy atom. The molecule has 1 aromatic carbocycles. The lowest BCUT2D eigenvalue weighted by atomic mass is 10.1. The zero-order valence-electron chi connectivity index (χ0n) is 6.52. The molecule has 2 rings (SSSR count). The van der Waals surface area contributed by atoms with Gasteiger partial charge in [0.05, 0.1) is 10.3 Å². The molecule has 0 aliphatic carbocycles. The predicted molar refractivity (Wildman–Crippen MR) is 50.4 cm³/mol. The first-order chi connectivity index (χ1) is 6.18. The summed E-state index contributed by atoms with van der Waals surface area (Å²) in [6, 6.07) is 4.60. The molecule has 0 atom stereocenters. The molecule has 13 heavy (non-hydrogen) atoms. The van der Waals surface area contributed by atoms with E-state index in [9.17, 15) is 9.90 Å². The van der Waals surface area contributed by atoms with E-state index in [0.717, 1.165) is 10.1 Å². The van der Waals surface area contributed by atoms with Crippen LogP contribution in [0.15, 0.2) is 23.6 Å². The lowest BCUT2D eigenvalue weighted by Crippen LogP contribution is -1.94. The minimum absolute atomic E-state index is 0.0323. The Bertz CT molecular complexity index is 473. The van der Waals surface area contributed by atoms with E-state index < -0.39 is 5.97 Å². The number of rotatable bonds is 1. The lowest BCUT2D eigenvalue weighted by Gasteiger charge is -1.97. The van der Waals surface area contributed by atoms with Gasteiger partial charge >= 0.3 is 5.97 Å². The Morgan fingerprint density at radius 2 is 2.15 bits per heavy atom. The maximum absolute atomic E-state index is 10.6. The third kappa shape index (κ3) is 1.25. The fourth-order valence-electron chi connectivity index (χ4n) is 1.19. The molecule has 3 nitrogen and oxygen atoms in total. The molecule has 66 valence electrons. The number of aromatic hydroxyl groups is 1. The predicted octanol–water partition coefficient (Wildman–Crippen LogP) is 2.31. The van der Waals surface area contributed by atoms with E-state index in [1.54, 1.807) is 12.1 Å². The maximum Gasteiger partial charge on any atom is 0.335 e. The topological polar surface area (TPSA) is 57.5 Å². The van der Waals surface area contributed by atoms with Crippen LogP contribution in [0.3, 0.4) is 0 Å². The highest BCUT2D eigenvalue weighted by Crippen LogP contribution is 2.30. The van der Waals surface area contributed by atoms with Crippen LogP contribution in [-0.2, 0) is 0 Å². The molecule has 0 bridgehead atoms. The second kappa shape index (κ2) is 2.74. The number of carboxylic acids is 1. The third-order valence-electron chi connectivity index (χ3n) is 1.78. The van der Waals surface area contributed by atoms with E-state index in [1.807, 2.05) is 5.38 Å².